The lowest BCUT2D eigenvalue weighted by atomic mass is 10.2. The molecule has 0 aliphatic carbocycles. The molecule has 0 bridgehead atoms. The van der Waals surface area contributed by atoms with E-state index < -0.39 is 6.10 Å². The quantitative estimate of drug-likeness (QED) is 0.846. The zero-order valence-electron chi connectivity index (χ0n) is 13.5. The lowest BCUT2D eigenvalue weighted by molar-refractivity contribution is 0.0927. The van der Waals surface area contributed by atoms with Crippen molar-refractivity contribution >= 4 is 17.2 Å². The summed E-state index contributed by atoms with van der Waals surface area (Å²) in [5.74, 6) is 1.02. The number of benzene rings is 1. The summed E-state index contributed by atoms with van der Waals surface area (Å²) in [5, 5.41) is 12.7. The van der Waals surface area contributed by atoms with Crippen molar-refractivity contribution in [3.8, 4) is 22.1 Å². The molecule has 1 amide bonds. The van der Waals surface area contributed by atoms with Crippen molar-refractivity contribution in [1.82, 2.24) is 10.3 Å². The number of amides is 1. The summed E-state index contributed by atoms with van der Waals surface area (Å²) < 4.78 is 10.5. The summed E-state index contributed by atoms with van der Waals surface area (Å²) in [7, 11) is 3.15. The number of aliphatic hydroxyl groups excluding tert-OH is 1. The first-order valence-electron chi connectivity index (χ1n) is 7.12. The van der Waals surface area contributed by atoms with Gasteiger partial charge in [-0.2, -0.15) is 0 Å². The molecule has 0 aliphatic heterocycles. The molecule has 2 aromatic rings. The highest BCUT2D eigenvalue weighted by Crippen LogP contribution is 2.34. The van der Waals surface area contributed by atoms with Gasteiger partial charge in [0.15, 0.2) is 11.5 Å². The number of nitrogens with zero attached hydrogens (tertiary/aromatic N) is 1. The van der Waals surface area contributed by atoms with Crippen LogP contribution in [0.4, 0.5) is 0 Å². The summed E-state index contributed by atoms with van der Waals surface area (Å²) in [6, 6.07) is 5.50. The fourth-order valence-corrected chi connectivity index (χ4v) is 3.00. The minimum atomic E-state index is -0.586. The van der Waals surface area contributed by atoms with Crippen LogP contribution < -0.4 is 14.8 Å². The second-order valence-corrected chi connectivity index (χ2v) is 6.06. The maximum absolute atomic E-state index is 12.1. The molecule has 1 unspecified atom stereocenters. The molecule has 1 heterocycles. The Kier molecular flexibility index (Phi) is 5.57. The van der Waals surface area contributed by atoms with Gasteiger partial charge in [0.1, 0.15) is 9.88 Å². The number of carbonyl (C=O) groups excluding carboxylic acids is 1. The van der Waals surface area contributed by atoms with Gasteiger partial charge in [0, 0.05) is 12.1 Å². The fraction of sp³-hybridized carbons (Fsp3) is 0.375. The number of ether oxygens (including phenoxy) is 2. The molecule has 1 aromatic heterocycles. The molecule has 0 spiro atoms. The first-order valence-corrected chi connectivity index (χ1v) is 7.94. The number of aromatic nitrogens is 1. The maximum Gasteiger partial charge on any atom is 0.263 e. The van der Waals surface area contributed by atoms with Gasteiger partial charge in [-0.05, 0) is 32.0 Å². The van der Waals surface area contributed by atoms with E-state index in [2.05, 4.69) is 10.3 Å². The van der Waals surface area contributed by atoms with Crippen LogP contribution in [-0.4, -0.2) is 42.9 Å². The van der Waals surface area contributed by atoms with Crippen molar-refractivity contribution in [3.05, 3.63) is 28.8 Å². The average Bonchev–Trinajstić information content (AvgIpc) is 2.93. The molecule has 0 aliphatic rings. The van der Waals surface area contributed by atoms with Crippen LogP contribution in [-0.2, 0) is 0 Å². The van der Waals surface area contributed by atoms with Crippen molar-refractivity contribution in [1.29, 1.82) is 0 Å². The smallest absolute Gasteiger partial charge is 0.263 e. The van der Waals surface area contributed by atoms with Crippen molar-refractivity contribution < 1.29 is 19.4 Å². The Labute approximate surface area is 139 Å². The Hall–Kier alpha value is -2.12. The Morgan fingerprint density at radius 1 is 1.35 bits per heavy atom. The Morgan fingerprint density at radius 3 is 2.65 bits per heavy atom. The zero-order chi connectivity index (χ0) is 17.0. The van der Waals surface area contributed by atoms with Crippen molar-refractivity contribution in [2.24, 2.45) is 0 Å². The van der Waals surface area contributed by atoms with E-state index in [1.807, 2.05) is 12.1 Å². The normalized spacial score (nSPS) is 11.9. The van der Waals surface area contributed by atoms with E-state index in [1.54, 1.807) is 34.1 Å². The molecule has 2 rings (SSSR count). The molecule has 1 aromatic carbocycles. The van der Waals surface area contributed by atoms with E-state index in [-0.39, 0.29) is 12.5 Å². The van der Waals surface area contributed by atoms with E-state index in [1.165, 1.54) is 11.3 Å². The van der Waals surface area contributed by atoms with Crippen LogP contribution >= 0.6 is 11.3 Å². The number of hydrogen-bond donors (Lipinski definition) is 2. The third kappa shape index (κ3) is 4.00. The highest BCUT2D eigenvalue weighted by molar-refractivity contribution is 7.17. The largest absolute Gasteiger partial charge is 0.493 e. The number of nitrogens with one attached hydrogen (secondary N) is 1. The van der Waals surface area contributed by atoms with Gasteiger partial charge in [0.05, 0.1) is 26.0 Å². The Bertz CT molecular complexity index is 697. The number of hydrogen-bond acceptors (Lipinski definition) is 6. The minimum absolute atomic E-state index is 0.210. The second-order valence-electron chi connectivity index (χ2n) is 5.06. The number of carbonyl (C=O) groups is 1. The lowest BCUT2D eigenvalue weighted by Crippen LogP contribution is -2.30. The molecular weight excluding hydrogens is 316 g/mol. The van der Waals surface area contributed by atoms with E-state index in [9.17, 15) is 9.90 Å². The van der Waals surface area contributed by atoms with Crippen LogP contribution in [0.25, 0.3) is 10.6 Å². The highest BCUT2D eigenvalue weighted by atomic mass is 32.1. The third-order valence-electron chi connectivity index (χ3n) is 3.19. The molecule has 23 heavy (non-hydrogen) atoms. The predicted octanol–water partition coefficient (Wildman–Crippen LogP) is 2.25. The molecule has 0 saturated carbocycles. The number of methoxy groups -OCH3 is 2. The minimum Gasteiger partial charge on any atom is -0.493 e. The van der Waals surface area contributed by atoms with E-state index in [4.69, 9.17) is 9.47 Å². The van der Waals surface area contributed by atoms with Gasteiger partial charge in [-0.3, -0.25) is 4.79 Å². The maximum atomic E-state index is 12.1. The highest BCUT2D eigenvalue weighted by Gasteiger charge is 2.17. The summed E-state index contributed by atoms with van der Waals surface area (Å²) in [6.45, 7) is 3.62. The van der Waals surface area contributed by atoms with Crippen LogP contribution in [0.3, 0.4) is 0 Å². The van der Waals surface area contributed by atoms with Crippen molar-refractivity contribution in [2.75, 3.05) is 20.8 Å². The van der Waals surface area contributed by atoms with Crippen LogP contribution in [0.1, 0.15) is 22.3 Å². The first kappa shape index (κ1) is 17.2. The molecule has 0 saturated heterocycles. The molecule has 124 valence electrons. The van der Waals surface area contributed by atoms with E-state index in [0.717, 1.165) is 10.6 Å². The molecule has 6 nitrogen and oxygen atoms in total. The zero-order valence-corrected chi connectivity index (χ0v) is 14.4. The molecule has 0 radical (unpaired) electrons. The molecule has 1 atom stereocenters. The van der Waals surface area contributed by atoms with Crippen molar-refractivity contribution in [3.63, 3.8) is 0 Å². The van der Waals surface area contributed by atoms with Gasteiger partial charge in [0.25, 0.3) is 5.91 Å². The molecular formula is C16H20N2O4S. The summed E-state index contributed by atoms with van der Waals surface area (Å²) >= 11 is 1.30. The second kappa shape index (κ2) is 7.43. The van der Waals surface area contributed by atoms with Crippen LogP contribution in [0, 0.1) is 6.92 Å². The molecule has 7 heteroatoms. The average molecular weight is 336 g/mol. The Balaban J connectivity index is 2.28. The lowest BCUT2D eigenvalue weighted by Gasteiger charge is -2.08. The van der Waals surface area contributed by atoms with Gasteiger partial charge < -0.3 is 19.9 Å². The Morgan fingerprint density at radius 2 is 2.04 bits per heavy atom. The number of aryl methyl sites for hydroxylation is 1. The SMILES string of the molecule is COc1ccc(-c2nc(C)c(C(=O)NCC(C)O)s2)cc1OC. The molecule has 0 fully saturated rings. The van der Waals surface area contributed by atoms with E-state index in [0.29, 0.717) is 22.1 Å². The van der Waals surface area contributed by atoms with Gasteiger partial charge in [-0.25, -0.2) is 4.98 Å². The number of rotatable bonds is 6. The van der Waals surface area contributed by atoms with Gasteiger partial charge >= 0.3 is 0 Å². The van der Waals surface area contributed by atoms with Crippen LogP contribution in [0.15, 0.2) is 18.2 Å². The first-order chi connectivity index (χ1) is 11.0. The van der Waals surface area contributed by atoms with Gasteiger partial charge in [-0.1, -0.05) is 0 Å². The topological polar surface area (TPSA) is 80.7 Å². The number of thiazole rings is 1. The summed E-state index contributed by atoms with van der Waals surface area (Å²) in [5.41, 5.74) is 1.51. The van der Waals surface area contributed by atoms with E-state index >= 15 is 0 Å². The van der Waals surface area contributed by atoms with Crippen LogP contribution in [0.5, 0.6) is 11.5 Å². The monoisotopic (exact) mass is 336 g/mol. The molecule has 2 N–H and O–H groups in total. The summed E-state index contributed by atoms with van der Waals surface area (Å²) in [6.07, 6.45) is -0.586. The van der Waals surface area contributed by atoms with Gasteiger partial charge in [0.2, 0.25) is 0 Å². The van der Waals surface area contributed by atoms with Crippen molar-refractivity contribution in [2.45, 2.75) is 20.0 Å². The third-order valence-corrected chi connectivity index (χ3v) is 4.40. The predicted molar refractivity (Wildman–Crippen MR) is 89.4 cm³/mol. The van der Waals surface area contributed by atoms with Crippen LogP contribution in [0.2, 0.25) is 0 Å². The number of aliphatic hydroxyl groups is 1. The summed E-state index contributed by atoms with van der Waals surface area (Å²) in [4.78, 5) is 17.1. The van der Waals surface area contributed by atoms with Gasteiger partial charge in [-0.15, -0.1) is 11.3 Å². The fourth-order valence-electron chi connectivity index (χ4n) is 2.02. The standard InChI is InChI=1S/C16H20N2O4S/c1-9(19)8-17-15(20)14-10(2)18-16(23-14)11-5-6-12(21-3)13(7-11)22-4/h5-7,9,19H,8H2,1-4H3,(H,17,20).